The van der Waals surface area contributed by atoms with Gasteiger partial charge in [0, 0.05) is 21.7 Å². The monoisotopic (exact) mass is 344 g/mol. The fourth-order valence-electron chi connectivity index (χ4n) is 1.96. The summed E-state index contributed by atoms with van der Waals surface area (Å²) in [4.78, 5) is 1.14. The van der Waals surface area contributed by atoms with Crippen LogP contribution in [0.5, 0.6) is 0 Å². The average molecular weight is 346 g/mol. The summed E-state index contributed by atoms with van der Waals surface area (Å²) in [6.45, 7) is 0. The SMILES string of the molecule is OC(CCCl)(Cc1sccc1Br)c1ccccc1. The van der Waals surface area contributed by atoms with Crippen LogP contribution in [0.4, 0.5) is 0 Å². The van der Waals surface area contributed by atoms with Gasteiger partial charge in [0.05, 0.1) is 5.60 Å². The molecule has 0 saturated heterocycles. The Balaban J connectivity index is 2.30. The Morgan fingerprint density at radius 2 is 1.94 bits per heavy atom. The first kappa shape index (κ1) is 14.1. The van der Waals surface area contributed by atoms with Gasteiger partial charge in [0.1, 0.15) is 0 Å². The van der Waals surface area contributed by atoms with Crippen LogP contribution in [0.25, 0.3) is 0 Å². The van der Waals surface area contributed by atoms with E-state index in [2.05, 4.69) is 15.9 Å². The van der Waals surface area contributed by atoms with Gasteiger partial charge in [-0.2, -0.15) is 0 Å². The lowest BCUT2D eigenvalue weighted by Gasteiger charge is -2.28. The second-order valence-electron chi connectivity index (χ2n) is 4.21. The topological polar surface area (TPSA) is 20.2 Å². The second-order valence-corrected chi connectivity index (χ2v) is 6.44. The lowest BCUT2D eigenvalue weighted by molar-refractivity contribution is 0.0343. The highest BCUT2D eigenvalue weighted by Gasteiger charge is 2.30. The van der Waals surface area contributed by atoms with E-state index in [1.54, 1.807) is 11.3 Å². The Bertz CT molecular complexity index is 500. The lowest BCUT2D eigenvalue weighted by atomic mass is 9.87. The van der Waals surface area contributed by atoms with Gasteiger partial charge in [-0.3, -0.25) is 0 Å². The van der Waals surface area contributed by atoms with Gasteiger partial charge < -0.3 is 5.11 Å². The molecule has 0 fully saturated rings. The highest BCUT2D eigenvalue weighted by atomic mass is 79.9. The Morgan fingerprint density at radius 3 is 2.50 bits per heavy atom. The van der Waals surface area contributed by atoms with E-state index in [0.29, 0.717) is 18.7 Å². The molecule has 1 N–H and O–H groups in total. The van der Waals surface area contributed by atoms with E-state index in [-0.39, 0.29) is 0 Å². The number of benzene rings is 1. The summed E-state index contributed by atoms with van der Waals surface area (Å²) in [5, 5.41) is 12.9. The third kappa shape index (κ3) is 3.15. The van der Waals surface area contributed by atoms with Crippen molar-refractivity contribution in [3.63, 3.8) is 0 Å². The normalized spacial score (nSPS) is 14.4. The molecule has 0 amide bonds. The van der Waals surface area contributed by atoms with Crippen LogP contribution in [0.3, 0.4) is 0 Å². The van der Waals surface area contributed by atoms with Crippen molar-refractivity contribution < 1.29 is 5.11 Å². The summed E-state index contributed by atoms with van der Waals surface area (Å²) in [5.41, 5.74) is 0.0297. The predicted molar refractivity (Wildman–Crippen MR) is 81.4 cm³/mol. The Morgan fingerprint density at radius 1 is 1.22 bits per heavy atom. The molecule has 0 aliphatic heterocycles. The highest BCUT2D eigenvalue weighted by Crippen LogP contribution is 2.34. The molecule has 2 aromatic rings. The summed E-state index contributed by atoms with van der Waals surface area (Å²) in [5.74, 6) is 0.439. The van der Waals surface area contributed by atoms with Crippen LogP contribution in [0, 0.1) is 0 Å². The molecule has 0 aliphatic carbocycles. The Kier molecular flexibility index (Phi) is 4.84. The number of hydrogen-bond acceptors (Lipinski definition) is 2. The van der Waals surface area contributed by atoms with Crippen molar-refractivity contribution in [3.05, 3.63) is 56.7 Å². The van der Waals surface area contributed by atoms with E-state index in [1.807, 2.05) is 41.8 Å². The predicted octanol–water partition coefficient (Wildman–Crippen LogP) is 4.57. The number of thiophene rings is 1. The summed E-state index contributed by atoms with van der Waals surface area (Å²) in [6, 6.07) is 11.7. The number of alkyl halides is 1. The second kappa shape index (κ2) is 6.20. The first-order valence-electron chi connectivity index (χ1n) is 5.71. The highest BCUT2D eigenvalue weighted by molar-refractivity contribution is 9.10. The third-order valence-electron chi connectivity index (χ3n) is 2.96. The molecule has 0 radical (unpaired) electrons. The summed E-state index contributed by atoms with van der Waals surface area (Å²) >= 11 is 11.0. The first-order chi connectivity index (χ1) is 8.65. The smallest absolute Gasteiger partial charge is 0.0956 e. The maximum atomic E-state index is 10.9. The van der Waals surface area contributed by atoms with Gasteiger partial charge in [0.2, 0.25) is 0 Å². The van der Waals surface area contributed by atoms with E-state index in [4.69, 9.17) is 11.6 Å². The van der Waals surface area contributed by atoms with E-state index in [1.165, 1.54) is 0 Å². The van der Waals surface area contributed by atoms with Crippen molar-refractivity contribution >= 4 is 38.9 Å². The van der Waals surface area contributed by atoms with Crippen molar-refractivity contribution in [3.8, 4) is 0 Å². The van der Waals surface area contributed by atoms with Crippen molar-refractivity contribution in [1.29, 1.82) is 0 Å². The molecule has 0 bridgehead atoms. The van der Waals surface area contributed by atoms with E-state index < -0.39 is 5.60 Å². The maximum Gasteiger partial charge on any atom is 0.0956 e. The van der Waals surface area contributed by atoms with Gasteiger partial charge in [-0.05, 0) is 39.4 Å². The quantitative estimate of drug-likeness (QED) is 0.787. The Labute approximate surface area is 125 Å². The van der Waals surface area contributed by atoms with Gasteiger partial charge in [-0.1, -0.05) is 30.3 Å². The minimum absolute atomic E-state index is 0.439. The maximum absolute atomic E-state index is 10.9. The molecule has 1 unspecified atom stereocenters. The fourth-order valence-corrected chi connectivity index (χ4v) is 3.87. The summed E-state index contributed by atoms with van der Waals surface area (Å²) in [7, 11) is 0. The van der Waals surface area contributed by atoms with Crippen LogP contribution in [0.1, 0.15) is 16.9 Å². The lowest BCUT2D eigenvalue weighted by Crippen LogP contribution is -2.29. The van der Waals surface area contributed by atoms with Crippen molar-refractivity contribution in [2.24, 2.45) is 0 Å². The molecule has 96 valence electrons. The third-order valence-corrected chi connectivity index (χ3v) is 5.08. The molecule has 1 heterocycles. The Hall–Kier alpha value is -0.350. The molecular formula is C14H14BrClOS. The summed E-state index contributed by atoms with van der Waals surface area (Å²) < 4.78 is 1.05. The van der Waals surface area contributed by atoms with Crippen LogP contribution in [0.2, 0.25) is 0 Å². The zero-order chi connectivity index (χ0) is 13.0. The molecule has 18 heavy (non-hydrogen) atoms. The number of halogens is 2. The molecule has 0 spiro atoms. The van der Waals surface area contributed by atoms with Gasteiger partial charge in [-0.25, -0.2) is 0 Å². The molecule has 4 heteroatoms. The van der Waals surface area contributed by atoms with Gasteiger partial charge in [-0.15, -0.1) is 22.9 Å². The van der Waals surface area contributed by atoms with Crippen LogP contribution >= 0.6 is 38.9 Å². The largest absolute Gasteiger partial charge is 0.385 e. The van der Waals surface area contributed by atoms with Crippen LogP contribution in [0.15, 0.2) is 46.3 Å². The first-order valence-corrected chi connectivity index (χ1v) is 7.92. The number of rotatable bonds is 5. The van der Waals surface area contributed by atoms with Gasteiger partial charge in [0.25, 0.3) is 0 Å². The minimum atomic E-state index is -0.892. The zero-order valence-electron chi connectivity index (χ0n) is 9.77. The van der Waals surface area contributed by atoms with Crippen LogP contribution < -0.4 is 0 Å². The standard InChI is InChI=1S/C14H14BrClOS/c15-12-6-9-18-13(12)10-14(17,7-8-16)11-4-2-1-3-5-11/h1-6,9,17H,7-8,10H2. The minimum Gasteiger partial charge on any atom is -0.385 e. The number of aliphatic hydroxyl groups is 1. The molecule has 1 aromatic heterocycles. The molecule has 1 aromatic carbocycles. The molecule has 1 nitrogen and oxygen atoms in total. The van der Waals surface area contributed by atoms with Crippen molar-refractivity contribution in [2.75, 3.05) is 5.88 Å². The molecule has 0 aliphatic rings. The summed E-state index contributed by atoms with van der Waals surface area (Å²) in [6.07, 6.45) is 1.13. The van der Waals surface area contributed by atoms with Crippen molar-refractivity contribution in [1.82, 2.24) is 0 Å². The molecule has 1 atom stereocenters. The molecule has 2 rings (SSSR count). The van der Waals surface area contributed by atoms with Gasteiger partial charge >= 0.3 is 0 Å². The van der Waals surface area contributed by atoms with E-state index in [0.717, 1.165) is 14.9 Å². The van der Waals surface area contributed by atoms with Crippen LogP contribution in [-0.2, 0) is 12.0 Å². The van der Waals surface area contributed by atoms with Crippen LogP contribution in [-0.4, -0.2) is 11.0 Å². The number of hydrogen-bond donors (Lipinski definition) is 1. The molecular weight excluding hydrogens is 332 g/mol. The van der Waals surface area contributed by atoms with Crippen molar-refractivity contribution in [2.45, 2.75) is 18.4 Å². The van der Waals surface area contributed by atoms with E-state index >= 15 is 0 Å². The average Bonchev–Trinajstić information content (AvgIpc) is 2.76. The molecule has 0 saturated carbocycles. The van der Waals surface area contributed by atoms with Gasteiger partial charge in [0.15, 0.2) is 0 Å². The zero-order valence-corrected chi connectivity index (χ0v) is 12.9. The van der Waals surface area contributed by atoms with E-state index in [9.17, 15) is 5.11 Å². The fraction of sp³-hybridized carbons (Fsp3) is 0.286.